The van der Waals surface area contributed by atoms with Crippen molar-refractivity contribution >= 4 is 0 Å². The second kappa shape index (κ2) is 7.64. The summed E-state index contributed by atoms with van der Waals surface area (Å²) in [4.78, 5) is 7.01. The molecule has 124 valence electrons. The number of aryl methyl sites for hydroxylation is 2. The lowest BCUT2D eigenvalue weighted by Crippen LogP contribution is -2.35. The predicted octanol–water partition coefficient (Wildman–Crippen LogP) is 3.27. The van der Waals surface area contributed by atoms with E-state index in [0.717, 1.165) is 24.6 Å². The van der Waals surface area contributed by atoms with Crippen LogP contribution in [0.25, 0.3) is 0 Å². The molecule has 1 aliphatic heterocycles. The van der Waals surface area contributed by atoms with Crippen LogP contribution in [0.1, 0.15) is 30.7 Å². The number of likely N-dealkylation sites (tertiary alicyclic amines) is 1. The molecule has 1 atom stereocenters. The van der Waals surface area contributed by atoms with Crippen molar-refractivity contribution in [3.8, 4) is 5.75 Å². The Morgan fingerprint density at radius 2 is 2.26 bits per heavy atom. The fraction of sp³-hybridized carbons (Fsp3) is 0.526. The Labute approximate surface area is 139 Å². The normalized spacial score (nSPS) is 19.0. The number of benzene rings is 1. The summed E-state index contributed by atoms with van der Waals surface area (Å²) in [5.74, 6) is 2.91. The number of rotatable bonds is 6. The maximum atomic E-state index is 5.32. The van der Waals surface area contributed by atoms with Crippen molar-refractivity contribution in [1.82, 2.24) is 14.5 Å². The van der Waals surface area contributed by atoms with Crippen molar-refractivity contribution in [2.75, 3.05) is 20.2 Å². The van der Waals surface area contributed by atoms with Gasteiger partial charge in [0.25, 0.3) is 0 Å². The molecule has 0 aliphatic carbocycles. The van der Waals surface area contributed by atoms with Gasteiger partial charge in [0.15, 0.2) is 0 Å². The monoisotopic (exact) mass is 313 g/mol. The van der Waals surface area contributed by atoms with Crippen molar-refractivity contribution in [2.24, 2.45) is 13.0 Å². The third-order valence-electron chi connectivity index (χ3n) is 4.86. The number of hydrogen-bond donors (Lipinski definition) is 0. The molecule has 0 saturated carbocycles. The lowest BCUT2D eigenvalue weighted by Gasteiger charge is -2.32. The first-order chi connectivity index (χ1) is 11.2. The van der Waals surface area contributed by atoms with Gasteiger partial charge in [0.2, 0.25) is 0 Å². The van der Waals surface area contributed by atoms with E-state index < -0.39 is 0 Å². The van der Waals surface area contributed by atoms with Gasteiger partial charge < -0.3 is 9.30 Å². The summed E-state index contributed by atoms with van der Waals surface area (Å²) >= 11 is 0. The summed E-state index contributed by atoms with van der Waals surface area (Å²) in [6, 6.07) is 8.46. The van der Waals surface area contributed by atoms with Gasteiger partial charge in [-0.3, -0.25) is 4.90 Å². The molecule has 0 N–H and O–H groups in total. The molecule has 0 unspecified atom stereocenters. The Hall–Kier alpha value is -1.81. The Balaban J connectivity index is 1.51. The molecule has 0 radical (unpaired) electrons. The molecular formula is C19H27N3O. The van der Waals surface area contributed by atoms with Gasteiger partial charge in [0.05, 0.1) is 13.7 Å². The quantitative estimate of drug-likeness (QED) is 0.820. The lowest BCUT2D eigenvalue weighted by molar-refractivity contribution is 0.157. The van der Waals surface area contributed by atoms with E-state index in [1.54, 1.807) is 7.11 Å². The maximum absolute atomic E-state index is 5.32. The molecule has 1 saturated heterocycles. The van der Waals surface area contributed by atoms with E-state index in [-0.39, 0.29) is 0 Å². The van der Waals surface area contributed by atoms with Crippen LogP contribution in [0.15, 0.2) is 36.7 Å². The summed E-state index contributed by atoms with van der Waals surface area (Å²) in [6.45, 7) is 3.36. The van der Waals surface area contributed by atoms with Gasteiger partial charge in [-0.1, -0.05) is 12.1 Å². The minimum atomic E-state index is 0.787. The second-order valence-corrected chi connectivity index (χ2v) is 6.59. The summed E-state index contributed by atoms with van der Waals surface area (Å²) in [5, 5.41) is 0. The minimum absolute atomic E-state index is 0.787. The van der Waals surface area contributed by atoms with E-state index >= 15 is 0 Å². The van der Waals surface area contributed by atoms with Gasteiger partial charge in [-0.05, 0) is 55.8 Å². The fourth-order valence-corrected chi connectivity index (χ4v) is 3.48. The molecule has 1 aliphatic rings. The van der Waals surface area contributed by atoms with Crippen molar-refractivity contribution in [2.45, 2.75) is 32.2 Å². The zero-order valence-electron chi connectivity index (χ0n) is 14.2. The van der Waals surface area contributed by atoms with Crippen molar-refractivity contribution in [3.05, 3.63) is 48.0 Å². The van der Waals surface area contributed by atoms with E-state index in [1.807, 2.05) is 18.5 Å². The number of piperidine rings is 1. The molecule has 23 heavy (non-hydrogen) atoms. The molecule has 4 nitrogen and oxygen atoms in total. The molecule has 3 rings (SSSR count). The molecule has 0 spiro atoms. The average Bonchev–Trinajstić information content (AvgIpc) is 2.98. The third kappa shape index (κ3) is 4.35. The number of aromatic nitrogens is 2. The Kier molecular flexibility index (Phi) is 5.34. The summed E-state index contributed by atoms with van der Waals surface area (Å²) in [5.41, 5.74) is 1.38. The number of imidazole rings is 1. The number of methoxy groups -OCH3 is 1. The minimum Gasteiger partial charge on any atom is -0.497 e. The first-order valence-corrected chi connectivity index (χ1v) is 8.56. The zero-order valence-corrected chi connectivity index (χ0v) is 14.2. The van der Waals surface area contributed by atoms with Gasteiger partial charge in [-0.2, -0.15) is 0 Å². The first kappa shape index (κ1) is 16.1. The largest absolute Gasteiger partial charge is 0.497 e. The van der Waals surface area contributed by atoms with Crippen LogP contribution in [0.2, 0.25) is 0 Å². The van der Waals surface area contributed by atoms with Crippen LogP contribution in [-0.4, -0.2) is 34.7 Å². The van der Waals surface area contributed by atoms with Gasteiger partial charge >= 0.3 is 0 Å². The van der Waals surface area contributed by atoms with Crippen LogP contribution < -0.4 is 4.74 Å². The number of nitrogens with zero attached hydrogens (tertiary/aromatic N) is 3. The first-order valence-electron chi connectivity index (χ1n) is 8.56. The van der Waals surface area contributed by atoms with Gasteiger partial charge in [-0.15, -0.1) is 0 Å². The van der Waals surface area contributed by atoms with E-state index in [2.05, 4.69) is 39.7 Å². The highest BCUT2D eigenvalue weighted by Crippen LogP contribution is 2.23. The molecule has 1 fully saturated rings. The van der Waals surface area contributed by atoms with Crippen molar-refractivity contribution in [3.63, 3.8) is 0 Å². The highest BCUT2D eigenvalue weighted by molar-refractivity contribution is 5.28. The fourth-order valence-electron chi connectivity index (χ4n) is 3.48. The predicted molar refractivity (Wildman–Crippen MR) is 92.5 cm³/mol. The molecular weight excluding hydrogens is 286 g/mol. The SMILES string of the molecule is COc1cccc(CC[C@H]2CCCN(Cc3nccn3C)C2)c1. The highest BCUT2D eigenvalue weighted by atomic mass is 16.5. The van der Waals surface area contributed by atoms with Crippen LogP contribution in [0.5, 0.6) is 5.75 Å². The maximum Gasteiger partial charge on any atom is 0.122 e. The van der Waals surface area contributed by atoms with E-state index in [1.165, 1.54) is 43.7 Å². The smallest absolute Gasteiger partial charge is 0.122 e. The second-order valence-electron chi connectivity index (χ2n) is 6.59. The molecule has 2 heterocycles. The van der Waals surface area contributed by atoms with Gasteiger partial charge in [0.1, 0.15) is 11.6 Å². The van der Waals surface area contributed by atoms with Crippen molar-refractivity contribution < 1.29 is 4.74 Å². The number of hydrogen-bond acceptors (Lipinski definition) is 3. The van der Waals surface area contributed by atoms with Gasteiger partial charge in [-0.25, -0.2) is 4.98 Å². The summed E-state index contributed by atoms with van der Waals surface area (Å²) in [6.07, 6.45) is 8.95. The Bertz CT molecular complexity index is 623. The van der Waals surface area contributed by atoms with E-state index in [0.29, 0.717) is 0 Å². The van der Waals surface area contributed by atoms with Crippen LogP contribution in [0, 0.1) is 5.92 Å². The molecule has 0 bridgehead atoms. The Morgan fingerprint density at radius 3 is 3.04 bits per heavy atom. The van der Waals surface area contributed by atoms with Crippen LogP contribution >= 0.6 is 0 Å². The standard InChI is InChI=1S/C19H27N3O/c1-21-12-10-20-19(21)15-22-11-4-6-17(14-22)9-8-16-5-3-7-18(13-16)23-2/h3,5,7,10,12-13,17H,4,6,8-9,11,14-15H2,1-2H3/t17-/m1/s1. The van der Waals surface area contributed by atoms with E-state index in [4.69, 9.17) is 4.74 Å². The van der Waals surface area contributed by atoms with Gasteiger partial charge in [0, 0.05) is 26.0 Å². The van der Waals surface area contributed by atoms with E-state index in [9.17, 15) is 0 Å². The zero-order chi connectivity index (χ0) is 16.1. The van der Waals surface area contributed by atoms with Crippen LogP contribution in [0.3, 0.4) is 0 Å². The summed E-state index contributed by atoms with van der Waals surface area (Å²) in [7, 11) is 3.81. The molecule has 1 aromatic heterocycles. The third-order valence-corrected chi connectivity index (χ3v) is 4.86. The number of ether oxygens (including phenoxy) is 1. The van der Waals surface area contributed by atoms with Crippen LogP contribution in [-0.2, 0) is 20.0 Å². The molecule has 0 amide bonds. The summed E-state index contributed by atoms with van der Waals surface area (Å²) < 4.78 is 7.44. The average molecular weight is 313 g/mol. The lowest BCUT2D eigenvalue weighted by atomic mass is 9.91. The molecule has 4 heteroatoms. The topological polar surface area (TPSA) is 30.3 Å². The Morgan fingerprint density at radius 1 is 1.35 bits per heavy atom. The van der Waals surface area contributed by atoms with Crippen molar-refractivity contribution in [1.29, 1.82) is 0 Å². The molecule has 1 aromatic carbocycles. The van der Waals surface area contributed by atoms with Crippen LogP contribution in [0.4, 0.5) is 0 Å². The highest BCUT2D eigenvalue weighted by Gasteiger charge is 2.20. The molecule has 2 aromatic rings.